The average Bonchev–Trinajstić information content (AvgIpc) is 2.88. The molecule has 2 aromatic rings. The quantitative estimate of drug-likeness (QED) is 0.864. The van der Waals surface area contributed by atoms with Crippen molar-refractivity contribution in [2.24, 2.45) is 0 Å². The van der Waals surface area contributed by atoms with Gasteiger partial charge in [-0.1, -0.05) is 25.1 Å². The third-order valence-electron chi connectivity index (χ3n) is 3.05. The number of benzene rings is 1. The van der Waals surface area contributed by atoms with Crippen LogP contribution in [0.4, 0.5) is 11.7 Å². The van der Waals surface area contributed by atoms with Crippen molar-refractivity contribution in [3.63, 3.8) is 0 Å². The van der Waals surface area contributed by atoms with E-state index >= 15 is 0 Å². The highest BCUT2D eigenvalue weighted by Crippen LogP contribution is 2.27. The van der Waals surface area contributed by atoms with E-state index in [-0.39, 0.29) is 0 Å². The van der Waals surface area contributed by atoms with E-state index in [4.69, 9.17) is 4.42 Å². The Kier molecular flexibility index (Phi) is 4.58. The highest BCUT2D eigenvalue weighted by atomic mass is 16.4. The Balaban J connectivity index is 2.22. The number of hydrogen-bond acceptors (Lipinski definition) is 4. The molecule has 0 fully saturated rings. The summed E-state index contributed by atoms with van der Waals surface area (Å²) in [5.74, 6) is 0. The third-order valence-corrected chi connectivity index (χ3v) is 3.05. The molecule has 4 nitrogen and oxygen atoms in total. The van der Waals surface area contributed by atoms with Crippen molar-refractivity contribution in [3.8, 4) is 0 Å². The van der Waals surface area contributed by atoms with Crippen molar-refractivity contribution < 1.29 is 4.42 Å². The molecule has 1 N–H and O–H groups in total. The molecule has 19 heavy (non-hydrogen) atoms. The number of aromatic nitrogens is 1. The van der Waals surface area contributed by atoms with Crippen LogP contribution in [-0.4, -0.2) is 18.1 Å². The van der Waals surface area contributed by atoms with Gasteiger partial charge < -0.3 is 9.73 Å². The van der Waals surface area contributed by atoms with E-state index in [1.165, 1.54) is 5.56 Å². The second kappa shape index (κ2) is 6.38. The van der Waals surface area contributed by atoms with E-state index in [1.54, 1.807) is 6.26 Å². The number of aryl methyl sites for hydroxylation is 1. The lowest BCUT2D eigenvalue weighted by atomic mass is 10.2. The molecular formula is C15H21N3O. The van der Waals surface area contributed by atoms with Crippen molar-refractivity contribution >= 4 is 11.7 Å². The molecule has 0 unspecified atom stereocenters. The van der Waals surface area contributed by atoms with Crippen LogP contribution in [0.1, 0.15) is 25.1 Å². The van der Waals surface area contributed by atoms with Gasteiger partial charge in [-0.05, 0) is 32.0 Å². The Morgan fingerprint density at radius 1 is 1.26 bits per heavy atom. The topological polar surface area (TPSA) is 41.3 Å². The van der Waals surface area contributed by atoms with E-state index in [9.17, 15) is 0 Å². The Bertz CT molecular complexity index is 522. The fraction of sp³-hybridized carbons (Fsp3) is 0.400. The fourth-order valence-electron chi connectivity index (χ4n) is 2.03. The van der Waals surface area contributed by atoms with Crippen LogP contribution in [0.5, 0.6) is 0 Å². The molecule has 0 saturated heterocycles. The number of anilines is 2. The maximum Gasteiger partial charge on any atom is 0.302 e. The van der Waals surface area contributed by atoms with Gasteiger partial charge in [-0.2, -0.15) is 4.98 Å². The third kappa shape index (κ3) is 3.15. The molecular weight excluding hydrogens is 238 g/mol. The molecule has 0 amide bonds. The lowest BCUT2D eigenvalue weighted by Crippen LogP contribution is -2.18. The van der Waals surface area contributed by atoms with Crippen LogP contribution in [0.3, 0.4) is 0 Å². The van der Waals surface area contributed by atoms with Gasteiger partial charge in [-0.15, -0.1) is 0 Å². The molecule has 0 radical (unpaired) electrons. The van der Waals surface area contributed by atoms with Crippen molar-refractivity contribution in [2.45, 2.75) is 27.3 Å². The summed E-state index contributed by atoms with van der Waals surface area (Å²) in [6, 6.07) is 8.92. The molecule has 0 bridgehead atoms. The molecule has 4 heteroatoms. The zero-order valence-electron chi connectivity index (χ0n) is 11.8. The molecule has 0 aliphatic rings. The Morgan fingerprint density at radius 2 is 2.05 bits per heavy atom. The molecule has 2 rings (SSSR count). The maximum absolute atomic E-state index is 5.60. The number of nitrogens with one attached hydrogen (secondary N) is 1. The van der Waals surface area contributed by atoms with Crippen LogP contribution in [0, 0.1) is 6.92 Å². The highest BCUT2D eigenvalue weighted by Gasteiger charge is 2.14. The summed E-state index contributed by atoms with van der Waals surface area (Å²) in [6.07, 6.45) is 1.72. The minimum atomic E-state index is 0.657. The number of para-hydroxylation sites is 1. The van der Waals surface area contributed by atoms with Gasteiger partial charge in [0, 0.05) is 18.8 Å². The van der Waals surface area contributed by atoms with Gasteiger partial charge in [-0.3, -0.25) is 4.90 Å². The molecule has 1 aromatic heterocycles. The summed E-state index contributed by atoms with van der Waals surface area (Å²) in [5.41, 5.74) is 3.29. The van der Waals surface area contributed by atoms with Gasteiger partial charge in [0.1, 0.15) is 6.26 Å². The van der Waals surface area contributed by atoms with E-state index < -0.39 is 0 Å². The van der Waals surface area contributed by atoms with Gasteiger partial charge in [0.15, 0.2) is 0 Å². The summed E-state index contributed by atoms with van der Waals surface area (Å²) >= 11 is 0. The zero-order chi connectivity index (χ0) is 13.7. The summed E-state index contributed by atoms with van der Waals surface area (Å²) in [5, 5.41) is 3.24. The SMILES string of the molecule is CCNCc1coc(N(CC)c2ccccc2C)n1. The predicted octanol–water partition coefficient (Wildman–Crippen LogP) is 3.25. The smallest absolute Gasteiger partial charge is 0.302 e. The molecule has 0 aliphatic carbocycles. The number of hydrogen-bond donors (Lipinski definition) is 1. The Morgan fingerprint density at radius 3 is 2.74 bits per heavy atom. The molecule has 1 heterocycles. The van der Waals surface area contributed by atoms with Crippen molar-refractivity contribution in [1.29, 1.82) is 0 Å². The number of nitrogens with zero attached hydrogens (tertiary/aromatic N) is 2. The average molecular weight is 259 g/mol. The normalized spacial score (nSPS) is 10.7. The number of rotatable bonds is 6. The first kappa shape index (κ1) is 13.6. The molecule has 0 saturated carbocycles. The predicted molar refractivity (Wildman–Crippen MR) is 77.7 cm³/mol. The number of oxazole rings is 1. The molecule has 0 aliphatic heterocycles. The molecule has 0 atom stereocenters. The summed E-state index contributed by atoms with van der Waals surface area (Å²) in [7, 11) is 0. The monoisotopic (exact) mass is 259 g/mol. The first-order valence-corrected chi connectivity index (χ1v) is 6.74. The molecule has 102 valence electrons. The van der Waals surface area contributed by atoms with Crippen LogP contribution in [-0.2, 0) is 6.54 Å². The van der Waals surface area contributed by atoms with E-state index in [2.05, 4.69) is 48.1 Å². The Labute approximate surface area is 114 Å². The van der Waals surface area contributed by atoms with Crippen LogP contribution in [0.25, 0.3) is 0 Å². The van der Waals surface area contributed by atoms with Crippen molar-refractivity contribution in [3.05, 3.63) is 41.8 Å². The first-order chi connectivity index (χ1) is 9.26. The standard InChI is InChI=1S/C15H21N3O/c1-4-16-10-13-11-19-15(17-13)18(5-2)14-9-7-6-8-12(14)3/h6-9,11,16H,4-5,10H2,1-3H3. The van der Waals surface area contributed by atoms with E-state index in [0.717, 1.165) is 31.0 Å². The van der Waals surface area contributed by atoms with Gasteiger partial charge in [0.25, 0.3) is 0 Å². The highest BCUT2D eigenvalue weighted by molar-refractivity contribution is 5.60. The van der Waals surface area contributed by atoms with Crippen molar-refractivity contribution in [2.75, 3.05) is 18.0 Å². The van der Waals surface area contributed by atoms with E-state index in [0.29, 0.717) is 6.01 Å². The van der Waals surface area contributed by atoms with Crippen molar-refractivity contribution in [1.82, 2.24) is 10.3 Å². The zero-order valence-corrected chi connectivity index (χ0v) is 11.8. The molecule has 0 spiro atoms. The second-order valence-corrected chi connectivity index (χ2v) is 4.43. The van der Waals surface area contributed by atoms with Gasteiger partial charge in [0.05, 0.1) is 5.69 Å². The van der Waals surface area contributed by atoms with E-state index in [1.807, 2.05) is 12.1 Å². The Hall–Kier alpha value is -1.81. The maximum atomic E-state index is 5.60. The van der Waals surface area contributed by atoms with Crippen LogP contribution < -0.4 is 10.2 Å². The van der Waals surface area contributed by atoms with Crippen LogP contribution in [0.2, 0.25) is 0 Å². The summed E-state index contributed by atoms with van der Waals surface area (Å²) in [4.78, 5) is 6.62. The first-order valence-electron chi connectivity index (χ1n) is 6.74. The summed E-state index contributed by atoms with van der Waals surface area (Å²) in [6.45, 7) is 8.77. The van der Waals surface area contributed by atoms with Gasteiger partial charge >= 0.3 is 6.01 Å². The fourth-order valence-corrected chi connectivity index (χ4v) is 2.03. The minimum Gasteiger partial charge on any atom is -0.431 e. The summed E-state index contributed by atoms with van der Waals surface area (Å²) < 4.78 is 5.60. The van der Waals surface area contributed by atoms with Gasteiger partial charge in [-0.25, -0.2) is 0 Å². The van der Waals surface area contributed by atoms with Crippen LogP contribution >= 0.6 is 0 Å². The van der Waals surface area contributed by atoms with Crippen LogP contribution in [0.15, 0.2) is 34.9 Å². The second-order valence-electron chi connectivity index (χ2n) is 4.43. The lowest BCUT2D eigenvalue weighted by Gasteiger charge is -2.20. The lowest BCUT2D eigenvalue weighted by molar-refractivity contribution is 0.552. The van der Waals surface area contributed by atoms with Gasteiger partial charge in [0.2, 0.25) is 0 Å². The largest absolute Gasteiger partial charge is 0.431 e. The minimum absolute atomic E-state index is 0.657. The molecule has 1 aromatic carbocycles.